The standard InChI is InChI=1S/C18H24O2/c1-5-18(4)11-10-16(17(2,3)20)15(12-18)13-6-8-14(19)9-7-13/h5-11,15-16,19-20H,1,12H2,2-4H3/t15-,16+,18-/m1/s1. The average molecular weight is 272 g/mol. The van der Waals surface area contributed by atoms with Crippen molar-refractivity contribution in [1.82, 2.24) is 0 Å². The molecule has 0 amide bonds. The summed E-state index contributed by atoms with van der Waals surface area (Å²) < 4.78 is 0. The molecule has 3 atom stereocenters. The minimum absolute atomic E-state index is 0.0513. The van der Waals surface area contributed by atoms with Crippen molar-refractivity contribution in [3.8, 4) is 5.75 Å². The van der Waals surface area contributed by atoms with Crippen LogP contribution in [0.15, 0.2) is 49.1 Å². The van der Waals surface area contributed by atoms with Crippen LogP contribution in [0.2, 0.25) is 0 Å². The van der Waals surface area contributed by atoms with Crippen LogP contribution in [0.25, 0.3) is 0 Å². The normalized spacial score (nSPS) is 30.2. The van der Waals surface area contributed by atoms with Gasteiger partial charge in [-0.2, -0.15) is 0 Å². The van der Waals surface area contributed by atoms with Gasteiger partial charge in [0.05, 0.1) is 5.60 Å². The molecule has 0 saturated carbocycles. The Morgan fingerprint density at radius 1 is 1.30 bits per heavy atom. The lowest BCUT2D eigenvalue weighted by Gasteiger charge is -2.42. The lowest BCUT2D eigenvalue weighted by molar-refractivity contribution is 0.0180. The van der Waals surface area contributed by atoms with Gasteiger partial charge in [-0.1, -0.05) is 37.3 Å². The second-order valence-electron chi connectivity index (χ2n) is 6.65. The van der Waals surface area contributed by atoms with Crippen LogP contribution in [0.5, 0.6) is 5.75 Å². The summed E-state index contributed by atoms with van der Waals surface area (Å²) in [6, 6.07) is 7.31. The predicted molar refractivity (Wildman–Crippen MR) is 82.7 cm³/mol. The van der Waals surface area contributed by atoms with Gasteiger partial charge in [-0.05, 0) is 43.9 Å². The lowest BCUT2D eigenvalue weighted by atomic mass is 9.64. The van der Waals surface area contributed by atoms with Gasteiger partial charge >= 0.3 is 0 Å². The summed E-state index contributed by atoms with van der Waals surface area (Å²) in [5.41, 5.74) is 0.318. The first kappa shape index (κ1) is 14.9. The van der Waals surface area contributed by atoms with Crippen molar-refractivity contribution in [3.63, 3.8) is 0 Å². The van der Waals surface area contributed by atoms with Crippen LogP contribution in [0, 0.1) is 11.3 Å². The van der Waals surface area contributed by atoms with Gasteiger partial charge in [0.2, 0.25) is 0 Å². The van der Waals surface area contributed by atoms with E-state index in [2.05, 4.69) is 25.7 Å². The molecule has 2 rings (SSSR count). The molecule has 1 aliphatic rings. The smallest absolute Gasteiger partial charge is 0.115 e. The van der Waals surface area contributed by atoms with E-state index in [1.807, 2.05) is 32.1 Å². The fraction of sp³-hybridized carbons (Fsp3) is 0.444. The van der Waals surface area contributed by atoms with Crippen LogP contribution < -0.4 is 0 Å². The third-order valence-electron chi connectivity index (χ3n) is 4.38. The number of hydrogen-bond acceptors (Lipinski definition) is 2. The molecule has 1 aromatic rings. The Hall–Kier alpha value is -1.54. The maximum absolute atomic E-state index is 10.4. The minimum Gasteiger partial charge on any atom is -0.508 e. The van der Waals surface area contributed by atoms with Crippen LogP contribution in [-0.4, -0.2) is 15.8 Å². The van der Waals surface area contributed by atoms with Gasteiger partial charge in [-0.15, -0.1) is 6.58 Å². The third kappa shape index (κ3) is 2.96. The van der Waals surface area contributed by atoms with Crippen molar-refractivity contribution < 1.29 is 10.2 Å². The number of phenolic OH excluding ortho intramolecular Hbond substituents is 1. The van der Waals surface area contributed by atoms with Crippen LogP contribution >= 0.6 is 0 Å². The summed E-state index contributed by atoms with van der Waals surface area (Å²) >= 11 is 0. The second-order valence-corrected chi connectivity index (χ2v) is 6.65. The zero-order valence-electron chi connectivity index (χ0n) is 12.5. The molecule has 0 fully saturated rings. The molecule has 2 nitrogen and oxygen atoms in total. The Labute approximate surface area is 121 Å². The highest BCUT2D eigenvalue weighted by Crippen LogP contribution is 2.47. The van der Waals surface area contributed by atoms with Crippen molar-refractivity contribution in [1.29, 1.82) is 0 Å². The van der Waals surface area contributed by atoms with Crippen LogP contribution in [-0.2, 0) is 0 Å². The fourth-order valence-corrected chi connectivity index (χ4v) is 3.05. The number of phenols is 1. The topological polar surface area (TPSA) is 40.5 Å². The highest BCUT2D eigenvalue weighted by molar-refractivity contribution is 5.32. The number of rotatable bonds is 3. The molecular formula is C18H24O2. The molecule has 1 aromatic carbocycles. The van der Waals surface area contributed by atoms with Crippen LogP contribution in [0.4, 0.5) is 0 Å². The van der Waals surface area contributed by atoms with E-state index in [0.29, 0.717) is 0 Å². The maximum Gasteiger partial charge on any atom is 0.115 e. The van der Waals surface area contributed by atoms with Crippen molar-refractivity contribution in [2.24, 2.45) is 11.3 Å². The molecule has 2 N–H and O–H groups in total. The Morgan fingerprint density at radius 2 is 1.90 bits per heavy atom. The number of hydrogen-bond donors (Lipinski definition) is 2. The van der Waals surface area contributed by atoms with Crippen LogP contribution in [0.3, 0.4) is 0 Å². The SMILES string of the molecule is C=C[C@]1(C)C=C[C@H](C(C)(C)O)[C@@H](c2ccc(O)cc2)C1. The largest absolute Gasteiger partial charge is 0.508 e. The molecule has 0 aromatic heterocycles. The van der Waals surface area contributed by atoms with E-state index < -0.39 is 5.60 Å². The number of aliphatic hydroxyl groups is 1. The van der Waals surface area contributed by atoms with Crippen molar-refractivity contribution in [2.45, 2.75) is 38.7 Å². The number of benzene rings is 1. The summed E-state index contributed by atoms with van der Waals surface area (Å²) in [6.45, 7) is 9.80. The molecule has 0 spiro atoms. The first-order valence-electron chi connectivity index (χ1n) is 7.09. The van der Waals surface area contributed by atoms with E-state index in [4.69, 9.17) is 0 Å². The zero-order valence-corrected chi connectivity index (χ0v) is 12.5. The van der Waals surface area contributed by atoms with Crippen LogP contribution in [0.1, 0.15) is 38.7 Å². The molecule has 0 heterocycles. The molecule has 0 radical (unpaired) electrons. The van der Waals surface area contributed by atoms with Gasteiger partial charge in [0.15, 0.2) is 0 Å². The fourth-order valence-electron chi connectivity index (χ4n) is 3.05. The Bertz CT molecular complexity index is 507. The Kier molecular flexibility index (Phi) is 3.79. The van der Waals surface area contributed by atoms with Gasteiger partial charge < -0.3 is 10.2 Å². The third-order valence-corrected chi connectivity index (χ3v) is 4.38. The minimum atomic E-state index is -0.776. The number of aromatic hydroxyl groups is 1. The molecule has 2 heteroatoms. The molecule has 108 valence electrons. The van der Waals surface area contributed by atoms with Gasteiger partial charge in [0.25, 0.3) is 0 Å². The Balaban J connectivity index is 2.42. The van der Waals surface area contributed by atoms with Crippen molar-refractivity contribution >= 4 is 0 Å². The van der Waals surface area contributed by atoms with Crippen molar-refractivity contribution in [3.05, 3.63) is 54.6 Å². The number of allylic oxidation sites excluding steroid dienone is 2. The van der Waals surface area contributed by atoms with Crippen molar-refractivity contribution in [2.75, 3.05) is 0 Å². The van der Waals surface area contributed by atoms with E-state index in [0.717, 1.165) is 12.0 Å². The molecular weight excluding hydrogens is 248 g/mol. The van der Waals surface area contributed by atoms with E-state index >= 15 is 0 Å². The second kappa shape index (κ2) is 5.10. The quantitative estimate of drug-likeness (QED) is 0.816. The monoisotopic (exact) mass is 272 g/mol. The summed E-state index contributed by atoms with van der Waals surface area (Å²) in [6.07, 6.45) is 7.15. The van der Waals surface area contributed by atoms with E-state index in [9.17, 15) is 10.2 Å². The van der Waals surface area contributed by atoms with Gasteiger partial charge in [-0.3, -0.25) is 0 Å². The first-order valence-corrected chi connectivity index (χ1v) is 7.09. The molecule has 0 unspecified atom stereocenters. The highest BCUT2D eigenvalue weighted by atomic mass is 16.3. The van der Waals surface area contributed by atoms with Gasteiger partial charge in [-0.25, -0.2) is 0 Å². The molecule has 0 saturated heterocycles. The molecule has 20 heavy (non-hydrogen) atoms. The summed E-state index contributed by atoms with van der Waals surface area (Å²) in [4.78, 5) is 0. The molecule has 0 aliphatic heterocycles. The molecule has 0 bridgehead atoms. The summed E-state index contributed by atoms with van der Waals surface area (Å²) in [5, 5.41) is 19.9. The van der Waals surface area contributed by atoms with E-state index in [1.54, 1.807) is 12.1 Å². The predicted octanol–water partition coefficient (Wildman–Crippen LogP) is 4.02. The van der Waals surface area contributed by atoms with Gasteiger partial charge in [0.1, 0.15) is 5.75 Å². The average Bonchev–Trinajstić information content (AvgIpc) is 2.38. The van der Waals surface area contributed by atoms with E-state index in [-0.39, 0.29) is 23.0 Å². The first-order chi connectivity index (χ1) is 9.25. The summed E-state index contributed by atoms with van der Waals surface area (Å²) in [5.74, 6) is 0.537. The maximum atomic E-state index is 10.4. The van der Waals surface area contributed by atoms with E-state index in [1.165, 1.54) is 0 Å². The zero-order chi connectivity index (χ0) is 15.0. The Morgan fingerprint density at radius 3 is 2.40 bits per heavy atom. The lowest BCUT2D eigenvalue weighted by Crippen LogP contribution is -2.38. The summed E-state index contributed by atoms with van der Waals surface area (Å²) in [7, 11) is 0. The highest BCUT2D eigenvalue weighted by Gasteiger charge is 2.39. The molecule has 1 aliphatic carbocycles. The van der Waals surface area contributed by atoms with Gasteiger partial charge in [0, 0.05) is 11.3 Å².